The molecule has 0 aliphatic heterocycles. The van der Waals surface area contributed by atoms with Crippen LogP contribution in [0, 0.1) is 5.82 Å². The maximum absolute atomic E-state index is 13.0. The molecule has 0 spiro atoms. The standard InChI is InChI=1S/C13H17FN2O2/c1-16(11-3-4-11)13(17)8-18-12-5-2-10(14)6-9(12)7-15/h2,5-6,11H,3-4,7-8,15H2,1H3. The molecule has 0 radical (unpaired) electrons. The Bertz CT molecular complexity index is 447. The number of ether oxygens (including phenoxy) is 1. The Balaban J connectivity index is 1.94. The lowest BCUT2D eigenvalue weighted by molar-refractivity contribution is -0.132. The summed E-state index contributed by atoms with van der Waals surface area (Å²) in [6.45, 7) is 0.144. The van der Waals surface area contributed by atoms with Crippen molar-refractivity contribution >= 4 is 5.91 Å². The number of nitrogens with zero attached hydrogens (tertiary/aromatic N) is 1. The van der Waals surface area contributed by atoms with Crippen molar-refractivity contribution in [3.8, 4) is 5.75 Å². The first-order valence-corrected chi connectivity index (χ1v) is 5.98. The minimum absolute atomic E-state index is 0.0361. The third-order valence-electron chi connectivity index (χ3n) is 3.08. The van der Waals surface area contributed by atoms with Gasteiger partial charge in [-0.15, -0.1) is 0 Å². The fourth-order valence-electron chi connectivity index (χ4n) is 1.76. The van der Waals surface area contributed by atoms with Crippen LogP contribution in [0.4, 0.5) is 4.39 Å². The average molecular weight is 252 g/mol. The summed E-state index contributed by atoms with van der Waals surface area (Å²) in [5, 5.41) is 0. The highest BCUT2D eigenvalue weighted by molar-refractivity contribution is 5.78. The molecule has 4 nitrogen and oxygen atoms in total. The van der Waals surface area contributed by atoms with E-state index in [0.717, 1.165) is 12.8 Å². The lowest BCUT2D eigenvalue weighted by Gasteiger charge is -2.17. The largest absolute Gasteiger partial charge is 0.483 e. The second-order valence-electron chi connectivity index (χ2n) is 4.48. The number of hydrogen-bond donors (Lipinski definition) is 1. The summed E-state index contributed by atoms with van der Waals surface area (Å²) < 4.78 is 18.4. The number of nitrogens with two attached hydrogens (primary N) is 1. The average Bonchev–Trinajstić information content (AvgIpc) is 3.20. The number of halogens is 1. The maximum atomic E-state index is 13.0. The first kappa shape index (κ1) is 12.8. The molecule has 1 aromatic carbocycles. The molecule has 0 bridgehead atoms. The highest BCUT2D eigenvalue weighted by Gasteiger charge is 2.29. The van der Waals surface area contributed by atoms with Crippen LogP contribution in [0.3, 0.4) is 0 Å². The van der Waals surface area contributed by atoms with Crippen LogP contribution in [0.25, 0.3) is 0 Å². The van der Waals surface area contributed by atoms with Crippen molar-refractivity contribution in [3.63, 3.8) is 0 Å². The number of amides is 1. The Morgan fingerprint density at radius 3 is 2.89 bits per heavy atom. The van der Waals surface area contributed by atoms with Crippen molar-refractivity contribution in [2.75, 3.05) is 13.7 Å². The molecule has 1 aliphatic rings. The molecular formula is C13H17FN2O2. The number of rotatable bonds is 5. The van der Waals surface area contributed by atoms with Crippen molar-refractivity contribution in [3.05, 3.63) is 29.6 Å². The molecule has 0 heterocycles. The predicted octanol–water partition coefficient (Wildman–Crippen LogP) is 1.28. The molecule has 0 saturated heterocycles. The third kappa shape index (κ3) is 2.98. The van der Waals surface area contributed by atoms with Crippen LogP contribution in [0.5, 0.6) is 5.75 Å². The van der Waals surface area contributed by atoms with E-state index in [2.05, 4.69) is 0 Å². The Kier molecular flexibility index (Phi) is 3.81. The van der Waals surface area contributed by atoms with Gasteiger partial charge in [-0.1, -0.05) is 0 Å². The molecule has 98 valence electrons. The summed E-state index contributed by atoms with van der Waals surface area (Å²) in [6, 6.07) is 4.49. The van der Waals surface area contributed by atoms with Crippen molar-refractivity contribution in [1.82, 2.24) is 4.90 Å². The summed E-state index contributed by atoms with van der Waals surface area (Å²) in [6.07, 6.45) is 2.12. The second kappa shape index (κ2) is 5.35. The normalized spacial score (nSPS) is 14.4. The van der Waals surface area contributed by atoms with Gasteiger partial charge in [-0.25, -0.2) is 4.39 Å². The van der Waals surface area contributed by atoms with E-state index in [-0.39, 0.29) is 24.9 Å². The van der Waals surface area contributed by atoms with Crippen LogP contribution in [0.15, 0.2) is 18.2 Å². The molecule has 5 heteroatoms. The van der Waals surface area contributed by atoms with Gasteiger partial charge < -0.3 is 15.4 Å². The Morgan fingerprint density at radius 2 is 2.28 bits per heavy atom. The monoisotopic (exact) mass is 252 g/mol. The van der Waals surface area contributed by atoms with Crippen LogP contribution < -0.4 is 10.5 Å². The van der Waals surface area contributed by atoms with E-state index in [1.54, 1.807) is 11.9 Å². The van der Waals surface area contributed by atoms with Gasteiger partial charge in [0.2, 0.25) is 0 Å². The fraction of sp³-hybridized carbons (Fsp3) is 0.462. The van der Waals surface area contributed by atoms with Gasteiger partial charge in [-0.05, 0) is 31.0 Å². The third-order valence-corrected chi connectivity index (χ3v) is 3.08. The van der Waals surface area contributed by atoms with Crippen molar-refractivity contribution in [1.29, 1.82) is 0 Å². The molecule has 1 aliphatic carbocycles. The lowest BCUT2D eigenvalue weighted by Crippen LogP contribution is -2.33. The molecule has 0 unspecified atom stereocenters. The van der Waals surface area contributed by atoms with Crippen LogP contribution in [0.1, 0.15) is 18.4 Å². The van der Waals surface area contributed by atoms with Crippen LogP contribution in [0.2, 0.25) is 0 Å². The maximum Gasteiger partial charge on any atom is 0.260 e. The summed E-state index contributed by atoms with van der Waals surface area (Å²) in [7, 11) is 1.78. The molecule has 18 heavy (non-hydrogen) atoms. The van der Waals surface area contributed by atoms with Gasteiger partial charge in [0.25, 0.3) is 5.91 Å². The molecule has 2 rings (SSSR count). The zero-order valence-corrected chi connectivity index (χ0v) is 10.4. The van der Waals surface area contributed by atoms with E-state index < -0.39 is 0 Å². The van der Waals surface area contributed by atoms with Gasteiger partial charge in [0.05, 0.1) is 0 Å². The number of benzene rings is 1. The van der Waals surface area contributed by atoms with E-state index in [1.807, 2.05) is 0 Å². The number of carbonyl (C=O) groups excluding carboxylic acids is 1. The predicted molar refractivity (Wildman–Crippen MR) is 65.6 cm³/mol. The number of hydrogen-bond acceptors (Lipinski definition) is 3. The Labute approximate surface area is 106 Å². The molecule has 0 atom stereocenters. The number of carbonyl (C=O) groups is 1. The molecule has 1 saturated carbocycles. The van der Waals surface area contributed by atoms with Gasteiger partial charge in [-0.3, -0.25) is 4.79 Å². The van der Waals surface area contributed by atoms with Gasteiger partial charge >= 0.3 is 0 Å². The minimum atomic E-state index is -0.357. The first-order valence-electron chi connectivity index (χ1n) is 5.98. The van der Waals surface area contributed by atoms with Gasteiger partial charge in [0.1, 0.15) is 11.6 Å². The molecular weight excluding hydrogens is 235 g/mol. The van der Waals surface area contributed by atoms with Gasteiger partial charge in [0.15, 0.2) is 6.61 Å². The summed E-state index contributed by atoms with van der Waals surface area (Å²) in [4.78, 5) is 13.5. The molecule has 2 N–H and O–H groups in total. The molecule has 0 aromatic heterocycles. The zero-order chi connectivity index (χ0) is 13.1. The lowest BCUT2D eigenvalue weighted by atomic mass is 10.2. The van der Waals surface area contributed by atoms with E-state index in [1.165, 1.54) is 18.2 Å². The second-order valence-corrected chi connectivity index (χ2v) is 4.48. The van der Waals surface area contributed by atoms with Gasteiger partial charge in [0, 0.05) is 25.2 Å². The van der Waals surface area contributed by atoms with Crippen LogP contribution >= 0.6 is 0 Å². The smallest absolute Gasteiger partial charge is 0.260 e. The Hall–Kier alpha value is -1.62. The summed E-state index contributed by atoms with van der Waals surface area (Å²) in [5.74, 6) is 0.0467. The number of likely N-dealkylation sites (N-methyl/N-ethyl adjacent to an activating group) is 1. The van der Waals surface area contributed by atoms with Crippen molar-refractivity contribution < 1.29 is 13.9 Å². The van der Waals surface area contributed by atoms with Crippen LogP contribution in [-0.2, 0) is 11.3 Å². The van der Waals surface area contributed by atoms with Gasteiger partial charge in [-0.2, -0.15) is 0 Å². The van der Waals surface area contributed by atoms with Crippen molar-refractivity contribution in [2.45, 2.75) is 25.4 Å². The van der Waals surface area contributed by atoms with E-state index >= 15 is 0 Å². The first-order chi connectivity index (χ1) is 8.61. The highest BCUT2D eigenvalue weighted by Crippen LogP contribution is 2.25. The summed E-state index contributed by atoms with van der Waals surface area (Å²) >= 11 is 0. The zero-order valence-electron chi connectivity index (χ0n) is 10.4. The minimum Gasteiger partial charge on any atom is -0.483 e. The highest BCUT2D eigenvalue weighted by atomic mass is 19.1. The Morgan fingerprint density at radius 1 is 1.56 bits per heavy atom. The van der Waals surface area contributed by atoms with E-state index in [9.17, 15) is 9.18 Å². The molecule has 1 aromatic rings. The molecule has 1 fully saturated rings. The van der Waals surface area contributed by atoms with E-state index in [0.29, 0.717) is 17.4 Å². The molecule has 1 amide bonds. The topological polar surface area (TPSA) is 55.6 Å². The SMILES string of the molecule is CN(C(=O)COc1ccc(F)cc1CN)C1CC1. The van der Waals surface area contributed by atoms with Crippen LogP contribution in [-0.4, -0.2) is 30.5 Å². The fourth-order valence-corrected chi connectivity index (χ4v) is 1.76. The summed E-state index contributed by atoms with van der Waals surface area (Å²) in [5.41, 5.74) is 6.07. The quantitative estimate of drug-likeness (QED) is 0.859. The van der Waals surface area contributed by atoms with Crippen molar-refractivity contribution in [2.24, 2.45) is 5.73 Å². The van der Waals surface area contributed by atoms with E-state index in [4.69, 9.17) is 10.5 Å².